The van der Waals surface area contributed by atoms with E-state index in [4.69, 9.17) is 4.74 Å². The lowest BCUT2D eigenvalue weighted by molar-refractivity contribution is -0.113. The minimum absolute atomic E-state index is 0.106. The highest BCUT2D eigenvalue weighted by molar-refractivity contribution is 8.01. The van der Waals surface area contributed by atoms with Gasteiger partial charge in [-0.1, -0.05) is 60.0 Å². The number of nitrogens with one attached hydrogen (secondary N) is 2. The lowest BCUT2D eigenvalue weighted by Gasteiger charge is -2.15. The van der Waals surface area contributed by atoms with E-state index >= 15 is 0 Å². The predicted molar refractivity (Wildman–Crippen MR) is 151 cm³/mol. The van der Waals surface area contributed by atoms with Crippen molar-refractivity contribution in [1.29, 1.82) is 0 Å². The number of carbonyl (C=O) groups is 2. The van der Waals surface area contributed by atoms with Gasteiger partial charge >= 0.3 is 0 Å². The zero-order valence-corrected chi connectivity index (χ0v) is 23.8. The largest absolute Gasteiger partial charge is 0.497 e. The van der Waals surface area contributed by atoms with E-state index < -0.39 is 0 Å². The Morgan fingerprint density at radius 2 is 1.87 bits per heavy atom. The van der Waals surface area contributed by atoms with E-state index in [1.54, 1.807) is 43.1 Å². The van der Waals surface area contributed by atoms with Crippen LogP contribution in [0.2, 0.25) is 0 Å². The lowest BCUT2D eigenvalue weighted by atomic mass is 10.1. The summed E-state index contributed by atoms with van der Waals surface area (Å²) < 4.78 is 7.91. The summed E-state index contributed by atoms with van der Waals surface area (Å²) in [5.74, 6) is 1.66. The van der Waals surface area contributed by atoms with Crippen LogP contribution in [0.1, 0.15) is 34.2 Å². The molecule has 0 bridgehead atoms. The molecule has 2 aromatic carbocycles. The molecule has 2 amide bonds. The van der Waals surface area contributed by atoms with Gasteiger partial charge in [-0.05, 0) is 55.0 Å². The summed E-state index contributed by atoms with van der Waals surface area (Å²) in [6, 6.07) is 12.9. The van der Waals surface area contributed by atoms with Crippen molar-refractivity contribution >= 4 is 51.8 Å². The minimum atomic E-state index is -0.259. The highest BCUT2D eigenvalue weighted by Gasteiger charge is 2.19. The number of aryl methyl sites for hydroxylation is 1. The van der Waals surface area contributed by atoms with Gasteiger partial charge in [-0.15, -0.1) is 20.4 Å². The van der Waals surface area contributed by atoms with E-state index in [0.29, 0.717) is 27.4 Å². The molecule has 0 spiro atoms. The first-order valence-electron chi connectivity index (χ1n) is 11.7. The standard InChI is InChI=1S/C25H27N7O3S3/c1-5-36-25-31-29-23(38-25)27-21(33)14-37-24-30-28-20(32(24)19-11-6-8-15(2)16(19)3)13-26-22(34)17-9-7-10-18(12-17)35-4/h6-12H,5,13-14H2,1-4H3,(H,26,34)(H,27,29,33). The second-order valence-electron chi connectivity index (χ2n) is 8.01. The van der Waals surface area contributed by atoms with Gasteiger partial charge in [-0.3, -0.25) is 19.5 Å². The fraction of sp³-hybridized carbons (Fsp3) is 0.280. The smallest absolute Gasteiger partial charge is 0.251 e. The SMILES string of the molecule is CCSc1nnc(NC(=O)CSc2nnc(CNC(=O)c3cccc(OC)c3)n2-c2cccc(C)c2C)s1. The third-order valence-corrected chi connectivity index (χ3v) is 8.29. The van der Waals surface area contributed by atoms with E-state index in [1.165, 1.54) is 23.1 Å². The van der Waals surface area contributed by atoms with Gasteiger partial charge in [0.25, 0.3) is 5.91 Å². The number of benzene rings is 2. The Morgan fingerprint density at radius 3 is 2.66 bits per heavy atom. The van der Waals surface area contributed by atoms with Crippen LogP contribution in [0.5, 0.6) is 5.75 Å². The quantitative estimate of drug-likeness (QED) is 0.198. The third-order valence-electron chi connectivity index (χ3n) is 5.51. The van der Waals surface area contributed by atoms with E-state index in [-0.39, 0.29) is 24.1 Å². The zero-order chi connectivity index (χ0) is 27.1. The molecular weight excluding hydrogens is 543 g/mol. The summed E-state index contributed by atoms with van der Waals surface area (Å²) in [4.78, 5) is 25.4. The number of aromatic nitrogens is 5. The number of nitrogens with zero attached hydrogens (tertiary/aromatic N) is 5. The lowest BCUT2D eigenvalue weighted by Crippen LogP contribution is -2.25. The van der Waals surface area contributed by atoms with Crippen LogP contribution in [0.4, 0.5) is 5.13 Å². The molecule has 198 valence electrons. The van der Waals surface area contributed by atoms with Crippen LogP contribution in [-0.4, -0.2) is 55.4 Å². The van der Waals surface area contributed by atoms with E-state index in [9.17, 15) is 9.59 Å². The number of hydrogen-bond acceptors (Lipinski definition) is 10. The second-order valence-corrected chi connectivity index (χ2v) is 11.4. The van der Waals surface area contributed by atoms with Crippen molar-refractivity contribution in [2.24, 2.45) is 0 Å². The van der Waals surface area contributed by atoms with Crippen LogP contribution in [0.25, 0.3) is 5.69 Å². The number of rotatable bonds is 11. The maximum atomic E-state index is 12.8. The summed E-state index contributed by atoms with van der Waals surface area (Å²) in [5.41, 5.74) is 3.52. The Kier molecular flexibility index (Phi) is 9.37. The Balaban J connectivity index is 1.52. The summed E-state index contributed by atoms with van der Waals surface area (Å²) in [6.45, 7) is 6.23. The summed E-state index contributed by atoms with van der Waals surface area (Å²) in [6.07, 6.45) is 0. The zero-order valence-electron chi connectivity index (χ0n) is 21.3. The van der Waals surface area contributed by atoms with Crippen LogP contribution in [-0.2, 0) is 11.3 Å². The van der Waals surface area contributed by atoms with Crippen molar-refractivity contribution in [2.75, 3.05) is 23.9 Å². The second kappa shape index (κ2) is 12.9. The number of methoxy groups -OCH3 is 1. The first-order valence-corrected chi connectivity index (χ1v) is 14.5. The number of anilines is 1. The van der Waals surface area contributed by atoms with Gasteiger partial charge in [0.15, 0.2) is 15.3 Å². The van der Waals surface area contributed by atoms with Crippen molar-refractivity contribution in [3.8, 4) is 11.4 Å². The van der Waals surface area contributed by atoms with E-state index in [1.807, 2.05) is 43.5 Å². The monoisotopic (exact) mass is 569 g/mol. The molecule has 0 aliphatic carbocycles. The van der Waals surface area contributed by atoms with Gasteiger partial charge in [0.05, 0.1) is 25.1 Å². The van der Waals surface area contributed by atoms with Crippen LogP contribution in [0.3, 0.4) is 0 Å². The number of hydrogen-bond donors (Lipinski definition) is 2. The summed E-state index contributed by atoms with van der Waals surface area (Å²) in [5, 5.41) is 23.5. The Hall–Kier alpha value is -3.42. The third kappa shape index (κ3) is 6.71. The predicted octanol–water partition coefficient (Wildman–Crippen LogP) is 4.52. The first kappa shape index (κ1) is 27.6. The first-order chi connectivity index (χ1) is 18.4. The molecule has 0 aliphatic heterocycles. The average Bonchev–Trinajstić information content (AvgIpc) is 3.54. The van der Waals surface area contributed by atoms with Gasteiger partial charge in [-0.2, -0.15) is 0 Å². The highest BCUT2D eigenvalue weighted by Crippen LogP contribution is 2.27. The molecule has 4 rings (SSSR count). The van der Waals surface area contributed by atoms with Gasteiger partial charge in [0, 0.05) is 5.56 Å². The van der Waals surface area contributed by atoms with Crippen molar-refractivity contribution in [3.05, 3.63) is 65.0 Å². The van der Waals surface area contributed by atoms with Crippen molar-refractivity contribution < 1.29 is 14.3 Å². The Bertz CT molecular complexity index is 1440. The molecule has 0 saturated heterocycles. The van der Waals surface area contributed by atoms with Gasteiger partial charge in [0.1, 0.15) is 5.75 Å². The molecule has 38 heavy (non-hydrogen) atoms. The van der Waals surface area contributed by atoms with Gasteiger partial charge in [0.2, 0.25) is 11.0 Å². The Labute approximate surface area is 233 Å². The van der Waals surface area contributed by atoms with Crippen LogP contribution in [0.15, 0.2) is 52.0 Å². The maximum absolute atomic E-state index is 12.8. The molecule has 2 heterocycles. The molecule has 0 atom stereocenters. The highest BCUT2D eigenvalue weighted by atomic mass is 32.2. The molecule has 13 heteroatoms. The molecule has 0 unspecified atom stereocenters. The Morgan fingerprint density at radius 1 is 1.05 bits per heavy atom. The maximum Gasteiger partial charge on any atom is 0.251 e. The van der Waals surface area contributed by atoms with Crippen molar-refractivity contribution in [3.63, 3.8) is 0 Å². The van der Waals surface area contributed by atoms with Crippen molar-refractivity contribution in [2.45, 2.75) is 36.8 Å². The van der Waals surface area contributed by atoms with Crippen molar-refractivity contribution in [1.82, 2.24) is 30.3 Å². The van der Waals surface area contributed by atoms with Gasteiger partial charge < -0.3 is 10.1 Å². The molecule has 10 nitrogen and oxygen atoms in total. The van der Waals surface area contributed by atoms with Crippen LogP contribution in [0, 0.1) is 13.8 Å². The molecule has 2 N–H and O–H groups in total. The fourth-order valence-corrected chi connectivity index (χ4v) is 5.91. The average molecular weight is 570 g/mol. The summed E-state index contributed by atoms with van der Waals surface area (Å²) >= 11 is 4.18. The number of carbonyl (C=O) groups excluding carboxylic acids is 2. The minimum Gasteiger partial charge on any atom is -0.497 e. The number of amides is 2. The van der Waals surface area contributed by atoms with Crippen LogP contribution < -0.4 is 15.4 Å². The van der Waals surface area contributed by atoms with E-state index in [2.05, 4.69) is 31.0 Å². The van der Waals surface area contributed by atoms with Gasteiger partial charge in [-0.25, -0.2) is 0 Å². The number of ether oxygens (including phenoxy) is 1. The summed E-state index contributed by atoms with van der Waals surface area (Å²) in [7, 11) is 1.56. The normalized spacial score (nSPS) is 10.8. The molecule has 0 radical (unpaired) electrons. The molecule has 0 aliphatic rings. The molecular formula is C25H27N7O3S3. The van der Waals surface area contributed by atoms with Crippen LogP contribution >= 0.6 is 34.9 Å². The molecule has 0 fully saturated rings. The van der Waals surface area contributed by atoms with E-state index in [0.717, 1.165) is 26.9 Å². The topological polar surface area (TPSA) is 124 Å². The fourth-order valence-electron chi connectivity index (χ4n) is 3.48. The molecule has 2 aromatic heterocycles. The number of thioether (sulfide) groups is 2. The molecule has 0 saturated carbocycles. The molecule has 4 aromatic rings.